The number of anilines is 6. The first-order chi connectivity index (χ1) is 23.8. The average molecular weight is 677 g/mol. The summed E-state index contributed by atoms with van der Waals surface area (Å²) in [7, 11) is -2.27. The standard InChI is InChI=1S/C42H36N4OS2/c1-48(2)37-17-9-5-13-33(37)45(34-14-6-10-18-38(34)48)31-25-21-29(22-26-31)41-43-42(47-44-41)30-23-27-32(28-24-30)46-35-15-7-11-19-39(35)49(3,4)40-20-12-8-16-36(40)46/h5-28H,1-4H3. The van der Waals surface area contributed by atoms with Crippen LogP contribution in [0.2, 0.25) is 0 Å². The van der Waals surface area contributed by atoms with Crippen LogP contribution in [-0.4, -0.2) is 35.2 Å². The summed E-state index contributed by atoms with van der Waals surface area (Å²) in [6, 6.07) is 52.1. The molecule has 2 aliphatic heterocycles. The molecule has 2 aliphatic rings. The molecule has 0 fully saturated rings. The van der Waals surface area contributed by atoms with E-state index >= 15 is 0 Å². The maximum absolute atomic E-state index is 5.81. The van der Waals surface area contributed by atoms with Crippen LogP contribution in [0.25, 0.3) is 22.8 Å². The van der Waals surface area contributed by atoms with Gasteiger partial charge < -0.3 is 14.3 Å². The van der Waals surface area contributed by atoms with Gasteiger partial charge in [-0.3, -0.25) is 0 Å². The summed E-state index contributed by atoms with van der Waals surface area (Å²) >= 11 is 0. The first-order valence-electron chi connectivity index (χ1n) is 16.3. The number of nitrogens with zero attached hydrogens (tertiary/aromatic N) is 4. The largest absolute Gasteiger partial charge is 0.334 e. The highest BCUT2D eigenvalue weighted by molar-refractivity contribution is 8.33. The lowest BCUT2D eigenvalue weighted by Gasteiger charge is -2.45. The summed E-state index contributed by atoms with van der Waals surface area (Å²) in [5.41, 5.74) is 8.93. The fourth-order valence-corrected chi connectivity index (χ4v) is 12.2. The van der Waals surface area contributed by atoms with Gasteiger partial charge in [-0.05, 0) is 122 Å². The van der Waals surface area contributed by atoms with E-state index in [9.17, 15) is 0 Å². The SMILES string of the molecule is CS1(C)c2ccccc2N(c2ccc(-c3noc(-c4ccc(N5c6ccccc6S(C)(C)c6ccccc65)cc4)n3)cc2)c2ccccc21. The highest BCUT2D eigenvalue weighted by Gasteiger charge is 2.34. The summed E-state index contributed by atoms with van der Waals surface area (Å²) in [6.45, 7) is 0. The Labute approximate surface area is 290 Å². The maximum Gasteiger partial charge on any atom is 0.258 e. The zero-order chi connectivity index (χ0) is 33.3. The zero-order valence-corrected chi connectivity index (χ0v) is 29.5. The van der Waals surface area contributed by atoms with Gasteiger partial charge in [0, 0.05) is 42.1 Å². The van der Waals surface area contributed by atoms with Gasteiger partial charge in [-0.1, -0.05) is 53.7 Å². The third-order valence-corrected chi connectivity index (χ3v) is 15.6. The van der Waals surface area contributed by atoms with Gasteiger partial charge in [0.15, 0.2) is 0 Å². The van der Waals surface area contributed by atoms with Crippen LogP contribution >= 0.6 is 20.1 Å². The molecule has 7 heteroatoms. The molecule has 0 atom stereocenters. The van der Waals surface area contributed by atoms with Crippen molar-refractivity contribution in [3.8, 4) is 22.8 Å². The number of hydrogen-bond donors (Lipinski definition) is 0. The minimum absolute atomic E-state index is 0.500. The van der Waals surface area contributed by atoms with Gasteiger partial charge in [-0.2, -0.15) is 25.0 Å². The monoisotopic (exact) mass is 676 g/mol. The molecule has 242 valence electrons. The lowest BCUT2D eigenvalue weighted by Crippen LogP contribution is -2.19. The number of hydrogen-bond acceptors (Lipinski definition) is 5. The Balaban J connectivity index is 1.01. The number of fused-ring (bicyclic) bond motifs is 4. The third-order valence-electron chi connectivity index (χ3n) is 9.81. The summed E-state index contributed by atoms with van der Waals surface area (Å²) in [5, 5.41) is 4.38. The van der Waals surface area contributed by atoms with Crippen LogP contribution in [0.1, 0.15) is 0 Å². The quantitative estimate of drug-likeness (QED) is 0.186. The molecule has 1 aromatic heterocycles. The molecule has 0 spiro atoms. The Morgan fingerprint density at radius 1 is 0.429 bits per heavy atom. The summed E-state index contributed by atoms with van der Waals surface area (Å²) in [4.78, 5) is 15.1. The van der Waals surface area contributed by atoms with E-state index < -0.39 is 20.1 Å². The topological polar surface area (TPSA) is 45.4 Å². The van der Waals surface area contributed by atoms with Crippen molar-refractivity contribution >= 4 is 54.2 Å². The van der Waals surface area contributed by atoms with Crippen LogP contribution in [0, 0.1) is 0 Å². The van der Waals surface area contributed by atoms with E-state index in [1.54, 1.807) is 0 Å². The Morgan fingerprint density at radius 2 is 0.776 bits per heavy atom. The Morgan fingerprint density at radius 3 is 1.16 bits per heavy atom. The van der Waals surface area contributed by atoms with Crippen molar-refractivity contribution in [2.45, 2.75) is 19.6 Å². The van der Waals surface area contributed by atoms with Crippen LogP contribution < -0.4 is 9.80 Å². The smallest absolute Gasteiger partial charge is 0.258 e. The van der Waals surface area contributed by atoms with Crippen molar-refractivity contribution in [2.24, 2.45) is 0 Å². The van der Waals surface area contributed by atoms with Crippen molar-refractivity contribution in [3.05, 3.63) is 146 Å². The number of para-hydroxylation sites is 4. The first-order valence-corrected chi connectivity index (χ1v) is 21.2. The van der Waals surface area contributed by atoms with E-state index in [1.807, 2.05) is 0 Å². The molecule has 0 amide bonds. The van der Waals surface area contributed by atoms with Gasteiger partial charge in [-0.25, -0.2) is 0 Å². The molecule has 9 rings (SSSR count). The molecule has 0 aliphatic carbocycles. The fraction of sp³-hybridized carbons (Fsp3) is 0.0952. The summed E-state index contributed by atoms with van der Waals surface area (Å²) in [5.74, 6) is 1.07. The summed E-state index contributed by atoms with van der Waals surface area (Å²) in [6.07, 6.45) is 9.55. The molecule has 0 N–H and O–H groups in total. The molecular formula is C42H36N4OS2. The van der Waals surface area contributed by atoms with E-state index in [-0.39, 0.29) is 0 Å². The molecule has 0 bridgehead atoms. The van der Waals surface area contributed by atoms with Crippen LogP contribution in [0.4, 0.5) is 34.1 Å². The second kappa shape index (κ2) is 11.2. The lowest BCUT2D eigenvalue weighted by molar-refractivity contribution is 0.432. The normalized spacial score (nSPS) is 16.5. The molecule has 5 nitrogen and oxygen atoms in total. The molecule has 0 saturated heterocycles. The predicted molar refractivity (Wildman–Crippen MR) is 206 cm³/mol. The van der Waals surface area contributed by atoms with Crippen molar-refractivity contribution in [2.75, 3.05) is 34.8 Å². The van der Waals surface area contributed by atoms with E-state index in [2.05, 4.69) is 186 Å². The van der Waals surface area contributed by atoms with Crippen LogP contribution in [0.5, 0.6) is 0 Å². The minimum Gasteiger partial charge on any atom is -0.334 e. The molecule has 7 aromatic rings. The Bertz CT molecular complexity index is 2100. The van der Waals surface area contributed by atoms with Crippen molar-refractivity contribution in [1.29, 1.82) is 0 Å². The molecule has 6 aromatic carbocycles. The van der Waals surface area contributed by atoms with Gasteiger partial charge in [0.25, 0.3) is 5.89 Å². The molecule has 0 radical (unpaired) electrons. The van der Waals surface area contributed by atoms with Gasteiger partial charge in [0.1, 0.15) is 0 Å². The average Bonchev–Trinajstić information content (AvgIpc) is 3.63. The second-order valence-corrected chi connectivity index (χ2v) is 20.3. The van der Waals surface area contributed by atoms with Crippen molar-refractivity contribution in [1.82, 2.24) is 10.1 Å². The van der Waals surface area contributed by atoms with Gasteiger partial charge in [0.2, 0.25) is 5.82 Å². The number of aromatic nitrogens is 2. The van der Waals surface area contributed by atoms with Gasteiger partial charge in [0.05, 0.1) is 22.7 Å². The van der Waals surface area contributed by atoms with Gasteiger partial charge >= 0.3 is 0 Å². The molecule has 3 heterocycles. The predicted octanol–water partition coefficient (Wildman–Crippen LogP) is 11.9. The van der Waals surface area contributed by atoms with E-state index in [0.717, 1.165) is 22.5 Å². The molecular weight excluding hydrogens is 641 g/mol. The number of benzene rings is 6. The van der Waals surface area contributed by atoms with E-state index in [4.69, 9.17) is 9.51 Å². The molecule has 49 heavy (non-hydrogen) atoms. The van der Waals surface area contributed by atoms with E-state index in [1.165, 1.54) is 42.3 Å². The molecule has 0 unspecified atom stereocenters. The van der Waals surface area contributed by atoms with Gasteiger partial charge in [-0.15, -0.1) is 0 Å². The zero-order valence-electron chi connectivity index (χ0n) is 27.9. The Hall–Kier alpha value is -5.24. The molecule has 0 saturated carbocycles. The third kappa shape index (κ3) is 4.64. The first kappa shape index (κ1) is 29.9. The second-order valence-electron chi connectivity index (χ2n) is 13.2. The number of rotatable bonds is 4. The highest BCUT2D eigenvalue weighted by Crippen LogP contribution is 2.68. The Kier molecular flexibility index (Phi) is 6.80. The maximum atomic E-state index is 5.81. The summed E-state index contributed by atoms with van der Waals surface area (Å²) < 4.78 is 5.81. The van der Waals surface area contributed by atoms with Crippen molar-refractivity contribution in [3.63, 3.8) is 0 Å². The highest BCUT2D eigenvalue weighted by atomic mass is 32.3. The van der Waals surface area contributed by atoms with Crippen LogP contribution in [-0.2, 0) is 0 Å². The van der Waals surface area contributed by atoms with E-state index in [0.29, 0.717) is 11.7 Å². The van der Waals surface area contributed by atoms with Crippen LogP contribution in [0.3, 0.4) is 0 Å². The minimum atomic E-state index is -1.13. The lowest BCUT2D eigenvalue weighted by atomic mass is 10.1. The van der Waals surface area contributed by atoms with Crippen LogP contribution in [0.15, 0.2) is 170 Å². The fourth-order valence-electron chi connectivity index (χ4n) is 7.32. The van der Waals surface area contributed by atoms with Crippen molar-refractivity contribution < 1.29 is 4.52 Å².